The number of nitrogens with one attached hydrogen (secondary N) is 2. The molecule has 1 fully saturated rings. The van der Waals surface area contributed by atoms with Gasteiger partial charge in [0, 0.05) is 55.5 Å². The molecular formula is C27H28F3N5O4. The fourth-order valence-corrected chi connectivity index (χ4v) is 5.17. The zero-order valence-corrected chi connectivity index (χ0v) is 21.7. The Morgan fingerprint density at radius 1 is 1.13 bits per heavy atom. The lowest BCUT2D eigenvalue weighted by molar-refractivity contribution is -0.137. The Labute approximate surface area is 222 Å². The van der Waals surface area contributed by atoms with Crippen molar-refractivity contribution in [3.05, 3.63) is 57.9 Å². The molecule has 0 spiro atoms. The van der Waals surface area contributed by atoms with Crippen LogP contribution in [0.25, 0.3) is 16.9 Å². The minimum atomic E-state index is -4.73. The summed E-state index contributed by atoms with van der Waals surface area (Å²) >= 11 is 0. The molecule has 2 N–H and O–H groups in total. The lowest BCUT2D eigenvalue weighted by Gasteiger charge is -2.22. The number of anilines is 2. The summed E-state index contributed by atoms with van der Waals surface area (Å²) in [6, 6.07) is 8.65. The van der Waals surface area contributed by atoms with Crippen LogP contribution >= 0.6 is 0 Å². The Kier molecular flexibility index (Phi) is 6.87. The van der Waals surface area contributed by atoms with E-state index in [2.05, 4.69) is 15.7 Å². The normalized spacial score (nSPS) is 16.6. The minimum Gasteiger partial charge on any atom is -0.497 e. The van der Waals surface area contributed by atoms with E-state index in [0.717, 1.165) is 10.7 Å². The first kappa shape index (κ1) is 26.4. The van der Waals surface area contributed by atoms with Crippen LogP contribution in [-0.4, -0.2) is 55.6 Å². The van der Waals surface area contributed by atoms with Gasteiger partial charge in [0.05, 0.1) is 31.2 Å². The predicted octanol–water partition coefficient (Wildman–Crippen LogP) is 3.62. The molecule has 0 bridgehead atoms. The first-order valence-corrected chi connectivity index (χ1v) is 12.5. The Morgan fingerprint density at radius 3 is 2.49 bits per heavy atom. The molecule has 39 heavy (non-hydrogen) atoms. The molecule has 1 amide bonds. The highest BCUT2D eigenvalue weighted by Gasteiger charge is 2.36. The van der Waals surface area contributed by atoms with Crippen LogP contribution in [0.3, 0.4) is 0 Å². The van der Waals surface area contributed by atoms with Gasteiger partial charge < -0.3 is 25.0 Å². The smallest absolute Gasteiger partial charge is 0.418 e. The van der Waals surface area contributed by atoms with Gasteiger partial charge in [0.15, 0.2) is 0 Å². The molecule has 2 aliphatic rings. The number of hydrogen-bond donors (Lipinski definition) is 2. The van der Waals surface area contributed by atoms with Crippen LogP contribution in [0.4, 0.5) is 24.5 Å². The molecule has 0 aliphatic carbocycles. The van der Waals surface area contributed by atoms with E-state index >= 15 is 0 Å². The van der Waals surface area contributed by atoms with Crippen molar-refractivity contribution >= 4 is 17.3 Å². The van der Waals surface area contributed by atoms with E-state index < -0.39 is 17.3 Å². The molecule has 3 heterocycles. The number of aromatic nitrogens is 2. The van der Waals surface area contributed by atoms with Crippen molar-refractivity contribution in [2.24, 2.45) is 0 Å². The lowest BCUT2D eigenvalue weighted by atomic mass is 10.0. The van der Waals surface area contributed by atoms with Gasteiger partial charge >= 0.3 is 6.18 Å². The SMILES string of the molecule is COc1cc(OC)cc(-c2nn(-c3cc(N4CC[C@H](NC(C)=O)C4)ccc3C(F)(F)F)c(=O)c3c2CCN3)c1. The van der Waals surface area contributed by atoms with Crippen molar-refractivity contribution < 1.29 is 27.4 Å². The van der Waals surface area contributed by atoms with Crippen molar-refractivity contribution in [1.29, 1.82) is 0 Å². The summed E-state index contributed by atoms with van der Waals surface area (Å²) in [5, 5.41) is 10.4. The molecule has 3 aromatic rings. The Morgan fingerprint density at radius 2 is 1.85 bits per heavy atom. The zero-order valence-electron chi connectivity index (χ0n) is 21.7. The van der Waals surface area contributed by atoms with Gasteiger partial charge in [0.25, 0.3) is 5.56 Å². The highest BCUT2D eigenvalue weighted by molar-refractivity contribution is 5.75. The van der Waals surface area contributed by atoms with Crippen molar-refractivity contribution in [2.45, 2.75) is 32.0 Å². The lowest BCUT2D eigenvalue weighted by Crippen LogP contribution is -2.35. The van der Waals surface area contributed by atoms with Crippen LogP contribution in [0.15, 0.2) is 41.2 Å². The molecule has 1 saturated heterocycles. The third-order valence-corrected chi connectivity index (χ3v) is 6.97. The van der Waals surface area contributed by atoms with Gasteiger partial charge in [-0.25, -0.2) is 0 Å². The number of fused-ring (bicyclic) bond motifs is 1. The van der Waals surface area contributed by atoms with Crippen LogP contribution in [-0.2, 0) is 17.4 Å². The highest BCUT2D eigenvalue weighted by Crippen LogP contribution is 2.38. The van der Waals surface area contributed by atoms with Crippen LogP contribution in [0, 0.1) is 0 Å². The summed E-state index contributed by atoms with van der Waals surface area (Å²) in [7, 11) is 2.99. The summed E-state index contributed by atoms with van der Waals surface area (Å²) in [6.45, 7) is 2.86. The van der Waals surface area contributed by atoms with E-state index in [1.807, 2.05) is 4.90 Å². The van der Waals surface area contributed by atoms with E-state index in [1.165, 1.54) is 33.3 Å². The van der Waals surface area contributed by atoms with E-state index in [-0.39, 0.29) is 23.3 Å². The van der Waals surface area contributed by atoms with E-state index in [1.54, 1.807) is 18.2 Å². The largest absolute Gasteiger partial charge is 0.497 e. The molecular weight excluding hydrogens is 515 g/mol. The molecule has 1 atom stereocenters. The minimum absolute atomic E-state index is 0.118. The summed E-state index contributed by atoms with van der Waals surface area (Å²) in [5.74, 6) is 0.784. The predicted molar refractivity (Wildman–Crippen MR) is 140 cm³/mol. The van der Waals surface area contributed by atoms with Gasteiger partial charge in [-0.05, 0) is 43.2 Å². The summed E-state index contributed by atoms with van der Waals surface area (Å²) in [5.41, 5.74) is 0.214. The Balaban J connectivity index is 1.68. The molecule has 2 aromatic carbocycles. The van der Waals surface area contributed by atoms with Gasteiger partial charge in [-0.3, -0.25) is 9.59 Å². The molecule has 5 rings (SSSR count). The van der Waals surface area contributed by atoms with Gasteiger partial charge in [-0.2, -0.15) is 23.0 Å². The van der Waals surface area contributed by atoms with Crippen LogP contribution < -0.4 is 30.6 Å². The fraction of sp³-hybridized carbons (Fsp3) is 0.370. The quantitative estimate of drug-likeness (QED) is 0.490. The maximum absolute atomic E-state index is 14.2. The van der Waals surface area contributed by atoms with E-state index in [9.17, 15) is 22.8 Å². The molecule has 206 valence electrons. The summed E-state index contributed by atoms with van der Waals surface area (Å²) in [4.78, 5) is 26.9. The summed E-state index contributed by atoms with van der Waals surface area (Å²) < 4.78 is 54.2. The third kappa shape index (κ3) is 5.10. The molecule has 12 heteroatoms. The second-order valence-electron chi connectivity index (χ2n) is 9.53. The Bertz CT molecular complexity index is 1470. The first-order chi connectivity index (χ1) is 18.6. The number of alkyl halides is 3. The molecule has 0 saturated carbocycles. The Hall–Kier alpha value is -4.22. The maximum atomic E-state index is 14.2. The molecule has 1 aromatic heterocycles. The molecule has 9 nitrogen and oxygen atoms in total. The number of methoxy groups -OCH3 is 2. The van der Waals surface area contributed by atoms with E-state index in [4.69, 9.17) is 9.47 Å². The molecule has 2 aliphatic heterocycles. The maximum Gasteiger partial charge on any atom is 0.418 e. The van der Waals surface area contributed by atoms with Crippen LogP contribution in [0.5, 0.6) is 11.5 Å². The van der Waals surface area contributed by atoms with Gasteiger partial charge in [-0.15, -0.1) is 0 Å². The van der Waals surface area contributed by atoms with Crippen LogP contribution in [0.2, 0.25) is 0 Å². The number of benzene rings is 2. The number of amides is 1. The second kappa shape index (κ2) is 10.2. The van der Waals surface area contributed by atoms with Gasteiger partial charge in [-0.1, -0.05) is 0 Å². The number of rotatable bonds is 6. The number of carbonyl (C=O) groups excluding carboxylic acids is 1. The summed E-state index contributed by atoms with van der Waals surface area (Å²) in [6.07, 6.45) is -3.60. The number of halogens is 3. The average molecular weight is 544 g/mol. The van der Waals surface area contributed by atoms with Gasteiger partial charge in [0.2, 0.25) is 5.91 Å². The topological polar surface area (TPSA) is 97.7 Å². The van der Waals surface area contributed by atoms with Gasteiger partial charge in [0.1, 0.15) is 17.2 Å². The first-order valence-electron chi connectivity index (χ1n) is 12.5. The van der Waals surface area contributed by atoms with Crippen LogP contribution in [0.1, 0.15) is 24.5 Å². The average Bonchev–Trinajstić information content (AvgIpc) is 3.58. The van der Waals surface area contributed by atoms with Crippen molar-refractivity contribution in [1.82, 2.24) is 15.1 Å². The molecule has 0 unspecified atom stereocenters. The number of nitrogens with zero attached hydrogens (tertiary/aromatic N) is 3. The highest BCUT2D eigenvalue weighted by atomic mass is 19.4. The number of hydrogen-bond acceptors (Lipinski definition) is 7. The van der Waals surface area contributed by atoms with Crippen molar-refractivity contribution in [3.63, 3.8) is 0 Å². The fourth-order valence-electron chi connectivity index (χ4n) is 5.17. The molecule has 0 radical (unpaired) electrons. The van der Waals surface area contributed by atoms with E-state index in [0.29, 0.717) is 66.5 Å². The van der Waals surface area contributed by atoms with Crippen molar-refractivity contribution in [2.75, 3.05) is 44.1 Å². The zero-order chi connectivity index (χ0) is 27.9. The standard InChI is InChI=1S/C27H28F3N5O4/c1-15(36)32-17-7-9-34(14-17)18-4-5-22(27(28,29)30)23(12-18)35-26(37)25-21(6-8-31-25)24(33-35)16-10-19(38-2)13-20(11-16)39-3/h4-5,10-13,17,31H,6-9,14H2,1-3H3,(H,32,36)/t17-/m0/s1. The number of ether oxygens (including phenoxy) is 2. The second-order valence-corrected chi connectivity index (χ2v) is 9.53. The number of carbonyl (C=O) groups is 1. The monoisotopic (exact) mass is 543 g/mol. The van der Waals surface area contributed by atoms with Crippen molar-refractivity contribution in [3.8, 4) is 28.4 Å². The third-order valence-electron chi connectivity index (χ3n) is 6.97.